The summed E-state index contributed by atoms with van der Waals surface area (Å²) in [6.45, 7) is 3.04. The zero-order valence-electron chi connectivity index (χ0n) is 14.7. The van der Waals surface area contributed by atoms with Crippen LogP contribution in [0.15, 0.2) is 36.4 Å². The van der Waals surface area contributed by atoms with Crippen LogP contribution in [0.1, 0.15) is 34.2 Å². The molecule has 132 valence electrons. The Balaban J connectivity index is 1.88. The fourth-order valence-electron chi connectivity index (χ4n) is 2.14. The molecule has 0 aliphatic heterocycles. The molecule has 2 rings (SSSR count). The first-order chi connectivity index (χ1) is 12.0. The summed E-state index contributed by atoms with van der Waals surface area (Å²) in [7, 11) is 3.99. The van der Waals surface area contributed by atoms with Gasteiger partial charge in [0.15, 0.2) is 17.3 Å². The SMILES string of the molecule is CC(=O)c1ccc(Nc2ccc(C(=O)NCCCN(C)C)nn2)cc1. The highest BCUT2D eigenvalue weighted by molar-refractivity contribution is 5.94. The minimum absolute atomic E-state index is 0.0206. The Labute approximate surface area is 147 Å². The average Bonchev–Trinajstić information content (AvgIpc) is 2.59. The van der Waals surface area contributed by atoms with Crippen LogP contribution in [0.3, 0.4) is 0 Å². The first-order valence-electron chi connectivity index (χ1n) is 8.10. The maximum atomic E-state index is 12.0. The van der Waals surface area contributed by atoms with Gasteiger partial charge in [-0.25, -0.2) is 0 Å². The van der Waals surface area contributed by atoms with Crippen molar-refractivity contribution < 1.29 is 9.59 Å². The molecule has 2 N–H and O–H groups in total. The molecule has 0 atom stereocenters. The van der Waals surface area contributed by atoms with Gasteiger partial charge >= 0.3 is 0 Å². The molecule has 0 saturated carbocycles. The van der Waals surface area contributed by atoms with Crippen molar-refractivity contribution >= 4 is 23.2 Å². The summed E-state index contributed by atoms with van der Waals surface area (Å²) in [5.41, 5.74) is 1.72. The average molecular weight is 341 g/mol. The van der Waals surface area contributed by atoms with Gasteiger partial charge in [0.25, 0.3) is 5.91 Å². The van der Waals surface area contributed by atoms with Crippen LogP contribution in [0.25, 0.3) is 0 Å². The number of nitrogens with one attached hydrogen (secondary N) is 2. The molecular weight excluding hydrogens is 318 g/mol. The number of hydrogen-bond acceptors (Lipinski definition) is 6. The van der Waals surface area contributed by atoms with Gasteiger partial charge in [-0.05, 0) is 70.4 Å². The number of rotatable bonds is 8. The topological polar surface area (TPSA) is 87.2 Å². The van der Waals surface area contributed by atoms with Crippen LogP contribution in [0, 0.1) is 0 Å². The molecule has 0 saturated heterocycles. The Hall–Kier alpha value is -2.80. The number of nitrogens with zero attached hydrogens (tertiary/aromatic N) is 3. The minimum Gasteiger partial charge on any atom is -0.351 e. The largest absolute Gasteiger partial charge is 0.351 e. The van der Waals surface area contributed by atoms with Gasteiger partial charge in [0.1, 0.15) is 0 Å². The zero-order chi connectivity index (χ0) is 18.2. The molecule has 0 spiro atoms. The highest BCUT2D eigenvalue weighted by Gasteiger charge is 2.08. The molecule has 0 aliphatic carbocycles. The predicted molar refractivity (Wildman–Crippen MR) is 97.3 cm³/mol. The van der Waals surface area contributed by atoms with Gasteiger partial charge in [-0.2, -0.15) is 0 Å². The zero-order valence-corrected chi connectivity index (χ0v) is 14.7. The normalized spacial score (nSPS) is 10.6. The van der Waals surface area contributed by atoms with Crippen LogP contribution in [0.4, 0.5) is 11.5 Å². The number of aromatic nitrogens is 2. The second kappa shape index (κ2) is 8.89. The minimum atomic E-state index is -0.233. The molecule has 25 heavy (non-hydrogen) atoms. The van der Waals surface area contributed by atoms with Crippen LogP contribution < -0.4 is 10.6 Å². The number of carbonyl (C=O) groups excluding carboxylic acids is 2. The second-order valence-corrected chi connectivity index (χ2v) is 5.98. The molecule has 1 aromatic heterocycles. The molecule has 0 aliphatic rings. The van der Waals surface area contributed by atoms with E-state index in [2.05, 4.69) is 25.7 Å². The summed E-state index contributed by atoms with van der Waals surface area (Å²) in [6, 6.07) is 10.4. The molecule has 2 aromatic rings. The van der Waals surface area contributed by atoms with Gasteiger partial charge in [0, 0.05) is 17.8 Å². The van der Waals surface area contributed by atoms with Gasteiger partial charge in [0.2, 0.25) is 0 Å². The first-order valence-corrected chi connectivity index (χ1v) is 8.10. The van der Waals surface area contributed by atoms with Crippen LogP contribution in [0.2, 0.25) is 0 Å². The van der Waals surface area contributed by atoms with E-state index in [4.69, 9.17) is 0 Å². The third-order valence-corrected chi connectivity index (χ3v) is 3.53. The fraction of sp³-hybridized carbons (Fsp3) is 0.333. The fourth-order valence-corrected chi connectivity index (χ4v) is 2.14. The molecule has 7 heteroatoms. The van der Waals surface area contributed by atoms with Crippen molar-refractivity contribution in [1.29, 1.82) is 0 Å². The summed E-state index contributed by atoms with van der Waals surface area (Å²) in [5, 5.41) is 13.9. The Morgan fingerprint density at radius 2 is 1.76 bits per heavy atom. The van der Waals surface area contributed by atoms with Crippen LogP contribution in [-0.2, 0) is 0 Å². The highest BCUT2D eigenvalue weighted by atomic mass is 16.2. The van der Waals surface area contributed by atoms with E-state index in [1.165, 1.54) is 6.92 Å². The quantitative estimate of drug-likeness (QED) is 0.565. The standard InChI is InChI=1S/C18H23N5O2/c1-13(24)14-5-7-15(8-6-14)20-17-10-9-16(21-22-17)18(25)19-11-4-12-23(2)3/h5-10H,4,11-12H2,1-3H3,(H,19,25)(H,20,22). The maximum absolute atomic E-state index is 12.0. The van der Waals surface area contributed by atoms with E-state index in [0.717, 1.165) is 18.7 Å². The van der Waals surface area contributed by atoms with E-state index in [-0.39, 0.29) is 17.4 Å². The van der Waals surface area contributed by atoms with E-state index in [0.29, 0.717) is 17.9 Å². The first kappa shape index (κ1) is 18.5. The van der Waals surface area contributed by atoms with E-state index < -0.39 is 0 Å². The lowest BCUT2D eigenvalue weighted by Gasteiger charge is -2.09. The van der Waals surface area contributed by atoms with Crippen LogP contribution >= 0.6 is 0 Å². The van der Waals surface area contributed by atoms with Crippen LogP contribution in [-0.4, -0.2) is 54.0 Å². The second-order valence-electron chi connectivity index (χ2n) is 5.98. The van der Waals surface area contributed by atoms with Crippen molar-refractivity contribution in [3.63, 3.8) is 0 Å². The number of ketones is 1. The highest BCUT2D eigenvalue weighted by Crippen LogP contribution is 2.15. The van der Waals surface area contributed by atoms with Gasteiger partial charge in [-0.15, -0.1) is 10.2 Å². The number of hydrogen-bond donors (Lipinski definition) is 2. The lowest BCUT2D eigenvalue weighted by molar-refractivity contribution is 0.0945. The van der Waals surface area contributed by atoms with E-state index in [1.807, 2.05) is 14.1 Å². The van der Waals surface area contributed by atoms with Gasteiger partial charge in [-0.3, -0.25) is 9.59 Å². The summed E-state index contributed by atoms with van der Waals surface area (Å²) >= 11 is 0. The lowest BCUT2D eigenvalue weighted by Crippen LogP contribution is -2.28. The Morgan fingerprint density at radius 1 is 1.04 bits per heavy atom. The molecule has 1 aromatic carbocycles. The molecule has 1 heterocycles. The Morgan fingerprint density at radius 3 is 2.32 bits per heavy atom. The summed E-state index contributed by atoms with van der Waals surface area (Å²) in [5.74, 6) is 0.315. The van der Waals surface area contributed by atoms with Crippen molar-refractivity contribution in [3.8, 4) is 0 Å². The van der Waals surface area contributed by atoms with Gasteiger partial charge in [-0.1, -0.05) is 0 Å². The van der Waals surface area contributed by atoms with Crippen LogP contribution in [0.5, 0.6) is 0 Å². The van der Waals surface area contributed by atoms with Gasteiger partial charge < -0.3 is 15.5 Å². The summed E-state index contributed by atoms with van der Waals surface area (Å²) in [6.07, 6.45) is 0.877. The summed E-state index contributed by atoms with van der Waals surface area (Å²) in [4.78, 5) is 25.3. The number of amides is 1. The van der Waals surface area contributed by atoms with Crippen molar-refractivity contribution in [1.82, 2.24) is 20.4 Å². The maximum Gasteiger partial charge on any atom is 0.271 e. The number of anilines is 2. The molecule has 7 nitrogen and oxygen atoms in total. The van der Waals surface area contributed by atoms with Crippen molar-refractivity contribution in [3.05, 3.63) is 47.7 Å². The van der Waals surface area contributed by atoms with E-state index in [1.54, 1.807) is 36.4 Å². The third-order valence-electron chi connectivity index (χ3n) is 3.53. The lowest BCUT2D eigenvalue weighted by atomic mass is 10.1. The monoisotopic (exact) mass is 341 g/mol. The van der Waals surface area contributed by atoms with Gasteiger partial charge in [0.05, 0.1) is 0 Å². The van der Waals surface area contributed by atoms with Crippen molar-refractivity contribution in [2.45, 2.75) is 13.3 Å². The molecular formula is C18H23N5O2. The van der Waals surface area contributed by atoms with E-state index >= 15 is 0 Å². The number of carbonyl (C=O) groups is 2. The molecule has 0 fully saturated rings. The number of Topliss-reactive ketones (excluding diaryl/α,β-unsaturated/α-hetero) is 1. The Kier molecular flexibility index (Phi) is 6.59. The van der Waals surface area contributed by atoms with Crippen molar-refractivity contribution in [2.24, 2.45) is 0 Å². The van der Waals surface area contributed by atoms with Crippen molar-refractivity contribution in [2.75, 3.05) is 32.5 Å². The molecule has 0 radical (unpaired) electrons. The number of benzene rings is 1. The van der Waals surface area contributed by atoms with E-state index in [9.17, 15) is 9.59 Å². The Bertz CT molecular complexity index is 711. The smallest absolute Gasteiger partial charge is 0.271 e. The third kappa shape index (κ3) is 5.96. The molecule has 0 unspecified atom stereocenters. The molecule has 0 bridgehead atoms. The predicted octanol–water partition coefficient (Wildman–Crippen LogP) is 2.10. The summed E-state index contributed by atoms with van der Waals surface area (Å²) < 4.78 is 0. The molecule has 1 amide bonds.